The molecule has 2 aromatic rings. The molecule has 1 saturated heterocycles. The lowest BCUT2D eigenvalue weighted by molar-refractivity contribution is -0.132. The topological polar surface area (TPSA) is 75.2 Å². The van der Waals surface area contributed by atoms with E-state index in [4.69, 9.17) is 0 Å². The molecule has 1 aliphatic rings. The number of amides is 2. The minimum atomic E-state index is -0.601. The van der Waals surface area contributed by atoms with Crippen LogP contribution in [0.5, 0.6) is 0 Å². The molecule has 130 valence electrons. The highest BCUT2D eigenvalue weighted by atomic mass is 16.2. The summed E-state index contributed by atoms with van der Waals surface area (Å²) in [5.74, 6) is -0.407. The highest BCUT2D eigenvalue weighted by Gasteiger charge is 2.28. The fourth-order valence-corrected chi connectivity index (χ4v) is 2.95. The van der Waals surface area contributed by atoms with Gasteiger partial charge in [0.1, 0.15) is 11.7 Å². The number of nitrogens with zero attached hydrogens (tertiary/aromatic N) is 3. The third-order valence-electron chi connectivity index (χ3n) is 4.32. The zero-order chi connectivity index (χ0) is 17.6. The molecule has 1 aromatic heterocycles. The maximum atomic E-state index is 12.8. The van der Waals surface area contributed by atoms with Crippen LogP contribution in [0.25, 0.3) is 0 Å². The van der Waals surface area contributed by atoms with Crippen molar-refractivity contribution in [2.75, 3.05) is 13.1 Å². The number of nitrogens with one attached hydrogen (secondary N) is 1. The van der Waals surface area contributed by atoms with Gasteiger partial charge in [0.05, 0.1) is 11.9 Å². The lowest BCUT2D eigenvalue weighted by Gasteiger charge is -2.24. The van der Waals surface area contributed by atoms with E-state index in [1.165, 1.54) is 6.20 Å². The summed E-state index contributed by atoms with van der Waals surface area (Å²) < 4.78 is 0. The van der Waals surface area contributed by atoms with Crippen LogP contribution in [-0.4, -0.2) is 45.8 Å². The first-order chi connectivity index (χ1) is 12.1. The number of aryl methyl sites for hydroxylation is 1. The van der Waals surface area contributed by atoms with Gasteiger partial charge in [-0.25, -0.2) is 4.98 Å². The summed E-state index contributed by atoms with van der Waals surface area (Å²) in [6.07, 6.45) is 5.47. The van der Waals surface area contributed by atoms with Gasteiger partial charge in [0.2, 0.25) is 5.91 Å². The number of carbonyl (C=O) groups excluding carboxylic acids is 2. The van der Waals surface area contributed by atoms with Gasteiger partial charge in [0.25, 0.3) is 5.91 Å². The van der Waals surface area contributed by atoms with Crippen molar-refractivity contribution >= 4 is 11.8 Å². The predicted molar refractivity (Wildman–Crippen MR) is 94.0 cm³/mol. The average molecular weight is 338 g/mol. The summed E-state index contributed by atoms with van der Waals surface area (Å²) in [7, 11) is 0. The van der Waals surface area contributed by atoms with Crippen molar-refractivity contribution in [2.45, 2.75) is 32.2 Å². The third kappa shape index (κ3) is 4.41. The molecule has 25 heavy (non-hydrogen) atoms. The van der Waals surface area contributed by atoms with Crippen molar-refractivity contribution < 1.29 is 9.59 Å². The zero-order valence-corrected chi connectivity index (χ0v) is 14.3. The third-order valence-corrected chi connectivity index (χ3v) is 4.32. The number of carbonyl (C=O) groups is 2. The van der Waals surface area contributed by atoms with Gasteiger partial charge in [-0.2, -0.15) is 0 Å². The quantitative estimate of drug-likeness (QED) is 0.901. The molecular formula is C19H22N4O2. The summed E-state index contributed by atoms with van der Waals surface area (Å²) in [5.41, 5.74) is 1.97. The van der Waals surface area contributed by atoms with E-state index in [0.717, 1.165) is 37.2 Å². The molecular weight excluding hydrogens is 316 g/mol. The van der Waals surface area contributed by atoms with Crippen LogP contribution in [0.2, 0.25) is 0 Å². The van der Waals surface area contributed by atoms with Crippen molar-refractivity contribution in [3.8, 4) is 0 Å². The molecule has 6 heteroatoms. The molecule has 2 heterocycles. The van der Waals surface area contributed by atoms with Crippen LogP contribution in [0.15, 0.2) is 42.7 Å². The van der Waals surface area contributed by atoms with Crippen LogP contribution in [-0.2, 0) is 11.2 Å². The molecule has 1 aromatic carbocycles. The summed E-state index contributed by atoms with van der Waals surface area (Å²) in [4.78, 5) is 35.4. The molecule has 0 bridgehead atoms. The Hall–Kier alpha value is -2.76. The van der Waals surface area contributed by atoms with Crippen molar-refractivity contribution in [1.29, 1.82) is 0 Å². The smallest absolute Gasteiger partial charge is 0.272 e. The van der Waals surface area contributed by atoms with Crippen molar-refractivity contribution in [2.24, 2.45) is 0 Å². The van der Waals surface area contributed by atoms with Gasteiger partial charge < -0.3 is 10.2 Å². The summed E-state index contributed by atoms with van der Waals surface area (Å²) in [6, 6.07) is 9.11. The van der Waals surface area contributed by atoms with Gasteiger partial charge >= 0.3 is 0 Å². The van der Waals surface area contributed by atoms with E-state index >= 15 is 0 Å². The first-order valence-electron chi connectivity index (χ1n) is 8.56. The van der Waals surface area contributed by atoms with Gasteiger partial charge in [-0.3, -0.25) is 14.6 Å². The number of hydrogen-bond donors (Lipinski definition) is 1. The number of hydrogen-bond acceptors (Lipinski definition) is 4. The van der Waals surface area contributed by atoms with Gasteiger partial charge in [-0.15, -0.1) is 0 Å². The number of aromatic nitrogens is 2. The van der Waals surface area contributed by atoms with Crippen LogP contribution >= 0.6 is 0 Å². The Morgan fingerprint density at radius 1 is 1.12 bits per heavy atom. The van der Waals surface area contributed by atoms with E-state index in [1.54, 1.807) is 6.20 Å². The SMILES string of the molecule is Cc1cnc(C(=O)N[C@@H](Cc2ccccc2)C(=O)N2CCCC2)cn1. The molecule has 3 rings (SSSR count). The van der Waals surface area contributed by atoms with E-state index in [-0.39, 0.29) is 17.5 Å². The second kappa shape index (κ2) is 7.88. The predicted octanol–water partition coefficient (Wildman–Crippen LogP) is 1.75. The Labute approximate surface area is 147 Å². The Morgan fingerprint density at radius 2 is 1.84 bits per heavy atom. The normalized spacial score (nSPS) is 15.0. The van der Waals surface area contributed by atoms with E-state index in [9.17, 15) is 9.59 Å². The van der Waals surface area contributed by atoms with Gasteiger partial charge in [0, 0.05) is 25.7 Å². The minimum absolute atomic E-state index is 0.0326. The molecule has 0 unspecified atom stereocenters. The lowest BCUT2D eigenvalue weighted by Crippen LogP contribution is -2.49. The first kappa shape index (κ1) is 17.1. The summed E-state index contributed by atoms with van der Waals surface area (Å²) >= 11 is 0. The van der Waals surface area contributed by atoms with Crippen molar-refractivity contribution in [3.63, 3.8) is 0 Å². The molecule has 0 radical (unpaired) electrons. The summed E-state index contributed by atoms with van der Waals surface area (Å²) in [5, 5.41) is 2.85. The molecule has 1 aliphatic heterocycles. The number of benzene rings is 1. The molecule has 2 amide bonds. The molecule has 1 atom stereocenters. The molecule has 0 aliphatic carbocycles. The Bertz CT molecular complexity index is 725. The minimum Gasteiger partial charge on any atom is -0.341 e. The highest BCUT2D eigenvalue weighted by molar-refractivity contribution is 5.96. The number of likely N-dealkylation sites (tertiary alicyclic amines) is 1. The lowest BCUT2D eigenvalue weighted by atomic mass is 10.0. The molecule has 6 nitrogen and oxygen atoms in total. The van der Waals surface area contributed by atoms with Gasteiger partial charge in [0.15, 0.2) is 0 Å². The molecule has 1 fully saturated rings. The first-order valence-corrected chi connectivity index (χ1v) is 8.56. The van der Waals surface area contributed by atoms with Gasteiger partial charge in [-0.1, -0.05) is 30.3 Å². The van der Waals surface area contributed by atoms with Crippen molar-refractivity contribution in [3.05, 3.63) is 59.7 Å². The van der Waals surface area contributed by atoms with Crippen LogP contribution < -0.4 is 5.32 Å². The monoisotopic (exact) mass is 338 g/mol. The summed E-state index contributed by atoms with van der Waals surface area (Å²) in [6.45, 7) is 3.32. The second-order valence-corrected chi connectivity index (χ2v) is 6.29. The van der Waals surface area contributed by atoms with Crippen molar-refractivity contribution in [1.82, 2.24) is 20.2 Å². The van der Waals surface area contributed by atoms with Crippen LogP contribution in [0.4, 0.5) is 0 Å². The molecule has 0 saturated carbocycles. The van der Waals surface area contributed by atoms with Crippen LogP contribution in [0.1, 0.15) is 34.6 Å². The Kier molecular flexibility index (Phi) is 5.38. The van der Waals surface area contributed by atoms with E-state index < -0.39 is 6.04 Å². The largest absolute Gasteiger partial charge is 0.341 e. The highest BCUT2D eigenvalue weighted by Crippen LogP contribution is 2.12. The maximum Gasteiger partial charge on any atom is 0.272 e. The number of rotatable bonds is 5. The van der Waals surface area contributed by atoms with Crippen LogP contribution in [0, 0.1) is 6.92 Å². The second-order valence-electron chi connectivity index (χ2n) is 6.29. The zero-order valence-electron chi connectivity index (χ0n) is 14.3. The van der Waals surface area contributed by atoms with E-state index in [2.05, 4.69) is 15.3 Å². The Balaban J connectivity index is 1.76. The average Bonchev–Trinajstić information content (AvgIpc) is 3.16. The van der Waals surface area contributed by atoms with Crippen LogP contribution in [0.3, 0.4) is 0 Å². The van der Waals surface area contributed by atoms with Gasteiger partial charge in [-0.05, 0) is 25.3 Å². The fraction of sp³-hybridized carbons (Fsp3) is 0.368. The maximum absolute atomic E-state index is 12.8. The fourth-order valence-electron chi connectivity index (χ4n) is 2.95. The van der Waals surface area contributed by atoms with E-state index in [0.29, 0.717) is 6.42 Å². The Morgan fingerprint density at radius 3 is 2.48 bits per heavy atom. The molecule has 1 N–H and O–H groups in total. The standard InChI is InChI=1S/C19H22N4O2/c1-14-12-21-17(13-20-14)18(24)22-16(11-15-7-3-2-4-8-15)19(25)23-9-5-6-10-23/h2-4,7-8,12-13,16H,5-6,9-11H2,1H3,(H,22,24)/t16-/m0/s1. The van der Waals surface area contributed by atoms with E-state index in [1.807, 2.05) is 42.2 Å². The molecule has 0 spiro atoms.